The highest BCUT2D eigenvalue weighted by Gasteiger charge is 2.28. The van der Waals surface area contributed by atoms with Crippen LogP contribution in [0.25, 0.3) is 10.1 Å². The first-order chi connectivity index (χ1) is 10.6. The second-order valence-corrected chi connectivity index (χ2v) is 7.11. The zero-order chi connectivity index (χ0) is 15.6. The van der Waals surface area contributed by atoms with E-state index in [4.69, 9.17) is 4.74 Å². The molecule has 118 valence electrons. The van der Waals surface area contributed by atoms with Crippen LogP contribution in [0, 0.1) is 5.92 Å². The van der Waals surface area contributed by atoms with Crippen LogP contribution in [0.2, 0.25) is 0 Å². The summed E-state index contributed by atoms with van der Waals surface area (Å²) in [6, 6.07) is 10.1. The first kappa shape index (κ1) is 15.5. The lowest BCUT2D eigenvalue weighted by Crippen LogP contribution is -2.42. The summed E-state index contributed by atoms with van der Waals surface area (Å²) in [4.78, 5) is 13.0. The van der Waals surface area contributed by atoms with Gasteiger partial charge in [-0.05, 0) is 37.3 Å². The molecule has 1 aliphatic rings. The summed E-state index contributed by atoms with van der Waals surface area (Å²) in [7, 11) is 0. The quantitative estimate of drug-likeness (QED) is 0.911. The van der Waals surface area contributed by atoms with E-state index in [1.807, 2.05) is 30.3 Å². The Morgan fingerprint density at radius 3 is 2.86 bits per heavy atom. The fraction of sp³-hybridized carbons (Fsp3) is 0.471. The number of ether oxygens (including phenoxy) is 1. The van der Waals surface area contributed by atoms with Gasteiger partial charge in [-0.25, -0.2) is 0 Å². The normalized spacial score (nSPS) is 19.0. The van der Waals surface area contributed by atoms with Crippen LogP contribution in [-0.4, -0.2) is 30.8 Å². The van der Waals surface area contributed by atoms with Gasteiger partial charge in [-0.15, -0.1) is 11.3 Å². The van der Waals surface area contributed by atoms with Crippen molar-refractivity contribution in [3.8, 4) is 0 Å². The molecule has 0 aliphatic carbocycles. The van der Waals surface area contributed by atoms with Gasteiger partial charge in [0, 0.05) is 28.7 Å². The van der Waals surface area contributed by atoms with Gasteiger partial charge in [0.25, 0.3) is 0 Å². The lowest BCUT2D eigenvalue weighted by Gasteiger charge is -2.25. The number of hydrogen-bond acceptors (Lipinski definition) is 4. The molecule has 1 amide bonds. The second-order valence-electron chi connectivity index (χ2n) is 6.03. The highest BCUT2D eigenvalue weighted by atomic mass is 32.1. The molecule has 1 atom stereocenters. The van der Waals surface area contributed by atoms with Crippen LogP contribution in [0.4, 0.5) is 0 Å². The van der Waals surface area contributed by atoms with E-state index < -0.39 is 5.60 Å². The van der Waals surface area contributed by atoms with Gasteiger partial charge in [-0.1, -0.05) is 18.2 Å². The standard InChI is InChI=1S/C17H21NO3S/c1-17(20,11-18-16(19)12-6-8-21-9-7-12)15-10-13-4-2-3-5-14(13)22-15/h2-5,10,12,20H,6-9,11H2,1H3,(H,18,19). The molecule has 2 heterocycles. The third-order valence-electron chi connectivity index (χ3n) is 4.16. The monoisotopic (exact) mass is 319 g/mol. The number of rotatable bonds is 4. The molecular formula is C17H21NO3S. The number of nitrogens with one attached hydrogen (secondary N) is 1. The lowest BCUT2D eigenvalue weighted by molar-refractivity contribution is -0.129. The van der Waals surface area contributed by atoms with Gasteiger partial charge in [0.2, 0.25) is 5.91 Å². The van der Waals surface area contributed by atoms with Crippen molar-refractivity contribution in [3.63, 3.8) is 0 Å². The van der Waals surface area contributed by atoms with Gasteiger partial charge >= 0.3 is 0 Å². The molecule has 1 aliphatic heterocycles. The Kier molecular flexibility index (Phi) is 4.47. The molecule has 1 fully saturated rings. The predicted molar refractivity (Wildman–Crippen MR) is 87.9 cm³/mol. The topological polar surface area (TPSA) is 58.6 Å². The first-order valence-corrected chi connectivity index (χ1v) is 8.45. The molecule has 0 radical (unpaired) electrons. The van der Waals surface area contributed by atoms with E-state index in [0.29, 0.717) is 13.2 Å². The summed E-state index contributed by atoms with van der Waals surface area (Å²) < 4.78 is 6.42. The van der Waals surface area contributed by atoms with Gasteiger partial charge in [-0.3, -0.25) is 4.79 Å². The summed E-state index contributed by atoms with van der Waals surface area (Å²) in [5.41, 5.74) is -1.05. The van der Waals surface area contributed by atoms with Crippen molar-refractivity contribution in [2.75, 3.05) is 19.8 Å². The summed E-state index contributed by atoms with van der Waals surface area (Å²) in [5, 5.41) is 14.7. The SMILES string of the molecule is CC(O)(CNC(=O)C1CCOCC1)c1cc2ccccc2s1. The van der Waals surface area contributed by atoms with Gasteiger partial charge in [0.1, 0.15) is 5.60 Å². The van der Waals surface area contributed by atoms with Crippen molar-refractivity contribution in [3.05, 3.63) is 35.2 Å². The minimum atomic E-state index is -1.05. The number of thiophene rings is 1. The summed E-state index contributed by atoms with van der Waals surface area (Å²) in [6.45, 7) is 3.27. The van der Waals surface area contributed by atoms with Crippen molar-refractivity contribution in [1.82, 2.24) is 5.32 Å². The third kappa shape index (κ3) is 3.32. The van der Waals surface area contributed by atoms with Crippen molar-refractivity contribution in [2.24, 2.45) is 5.92 Å². The predicted octanol–water partition coefficient (Wildman–Crippen LogP) is 2.65. The third-order valence-corrected chi connectivity index (χ3v) is 5.52. The molecule has 1 aromatic heterocycles. The molecule has 1 saturated heterocycles. The maximum Gasteiger partial charge on any atom is 0.223 e. The van der Waals surface area contributed by atoms with Crippen LogP contribution < -0.4 is 5.32 Å². The average molecular weight is 319 g/mol. The van der Waals surface area contributed by atoms with Crippen molar-refractivity contribution >= 4 is 27.3 Å². The molecule has 22 heavy (non-hydrogen) atoms. The minimum absolute atomic E-state index is 0.00644. The number of carbonyl (C=O) groups excluding carboxylic acids is 1. The number of amides is 1. The second kappa shape index (κ2) is 6.36. The molecule has 0 spiro atoms. The maximum atomic E-state index is 12.2. The van der Waals surface area contributed by atoms with Crippen LogP contribution >= 0.6 is 11.3 Å². The van der Waals surface area contributed by atoms with E-state index in [2.05, 4.69) is 5.32 Å². The Bertz CT molecular complexity index is 626. The molecule has 5 heteroatoms. The Hall–Kier alpha value is -1.43. The van der Waals surface area contributed by atoms with E-state index in [-0.39, 0.29) is 18.4 Å². The number of benzene rings is 1. The van der Waals surface area contributed by atoms with Crippen molar-refractivity contribution in [1.29, 1.82) is 0 Å². The van der Waals surface area contributed by atoms with E-state index >= 15 is 0 Å². The van der Waals surface area contributed by atoms with Crippen molar-refractivity contribution < 1.29 is 14.6 Å². The van der Waals surface area contributed by atoms with Gasteiger partial charge in [-0.2, -0.15) is 0 Å². The van der Waals surface area contributed by atoms with Gasteiger partial charge in [0.05, 0.1) is 6.54 Å². The maximum absolute atomic E-state index is 12.2. The number of aliphatic hydroxyl groups is 1. The Morgan fingerprint density at radius 1 is 1.41 bits per heavy atom. The zero-order valence-electron chi connectivity index (χ0n) is 12.7. The molecule has 3 rings (SSSR count). The van der Waals surface area contributed by atoms with Gasteiger partial charge < -0.3 is 15.2 Å². The molecule has 2 aromatic rings. The molecule has 0 saturated carbocycles. The molecular weight excluding hydrogens is 298 g/mol. The highest BCUT2D eigenvalue weighted by molar-refractivity contribution is 7.19. The first-order valence-electron chi connectivity index (χ1n) is 7.63. The van der Waals surface area contributed by atoms with E-state index in [1.54, 1.807) is 18.3 Å². The Labute approximate surface area is 134 Å². The van der Waals surface area contributed by atoms with Crippen LogP contribution in [0.15, 0.2) is 30.3 Å². The largest absolute Gasteiger partial charge is 0.383 e. The lowest BCUT2D eigenvalue weighted by atomic mass is 9.98. The molecule has 2 N–H and O–H groups in total. The number of fused-ring (bicyclic) bond motifs is 1. The molecule has 1 unspecified atom stereocenters. The fourth-order valence-electron chi connectivity index (χ4n) is 2.70. The molecule has 0 bridgehead atoms. The van der Waals surface area contributed by atoms with Crippen LogP contribution in [-0.2, 0) is 15.1 Å². The van der Waals surface area contributed by atoms with E-state index in [1.165, 1.54) is 0 Å². The Balaban J connectivity index is 1.66. The summed E-state index contributed by atoms with van der Waals surface area (Å²) in [6.07, 6.45) is 1.52. The van der Waals surface area contributed by atoms with Crippen LogP contribution in [0.1, 0.15) is 24.6 Å². The number of carbonyl (C=O) groups is 1. The van der Waals surface area contributed by atoms with Crippen LogP contribution in [0.3, 0.4) is 0 Å². The smallest absolute Gasteiger partial charge is 0.223 e. The van der Waals surface area contributed by atoms with E-state index in [9.17, 15) is 9.90 Å². The van der Waals surface area contributed by atoms with E-state index in [0.717, 1.165) is 27.8 Å². The minimum Gasteiger partial charge on any atom is -0.383 e. The molecule has 4 nitrogen and oxygen atoms in total. The summed E-state index contributed by atoms with van der Waals surface area (Å²) >= 11 is 1.57. The highest BCUT2D eigenvalue weighted by Crippen LogP contribution is 2.32. The average Bonchev–Trinajstić information content (AvgIpc) is 2.98. The summed E-state index contributed by atoms with van der Waals surface area (Å²) in [5.74, 6) is 0.0247. The molecule has 1 aromatic carbocycles. The van der Waals surface area contributed by atoms with Gasteiger partial charge in [0.15, 0.2) is 0 Å². The Morgan fingerprint density at radius 2 is 2.14 bits per heavy atom. The number of hydrogen-bond donors (Lipinski definition) is 2. The van der Waals surface area contributed by atoms with Crippen LogP contribution in [0.5, 0.6) is 0 Å². The zero-order valence-corrected chi connectivity index (χ0v) is 13.5. The van der Waals surface area contributed by atoms with Crippen molar-refractivity contribution in [2.45, 2.75) is 25.4 Å². The fourth-order valence-corrected chi connectivity index (χ4v) is 3.80.